The van der Waals surface area contributed by atoms with Gasteiger partial charge in [-0.15, -0.1) is 29.5 Å². The molecule has 0 aliphatic carbocycles. The third kappa shape index (κ3) is 1.66. The number of carbonyl (C=O) groups excluding carboxylic acids is 1. The number of thiol groups is 1. The molecule has 0 saturated carbocycles. The molecule has 9 nitrogen and oxygen atoms in total. The van der Waals surface area contributed by atoms with E-state index in [0.717, 1.165) is 0 Å². The number of fused-ring (bicyclic) bond motifs is 1. The molecule has 3 rings (SSSR count). The summed E-state index contributed by atoms with van der Waals surface area (Å²) in [4.78, 5) is 24.6. The number of rotatable bonds is 2. The van der Waals surface area contributed by atoms with Gasteiger partial charge >= 0.3 is 5.97 Å². The van der Waals surface area contributed by atoms with E-state index in [-0.39, 0.29) is 17.0 Å². The molecule has 108 valence electrons. The van der Waals surface area contributed by atoms with Gasteiger partial charge in [0, 0.05) is 12.8 Å². The maximum Gasteiger partial charge on any atom is 0.354 e. The minimum Gasteiger partial charge on any atom is -0.477 e. The zero-order valence-corrected chi connectivity index (χ0v) is 12.1. The molecule has 1 fully saturated rings. The van der Waals surface area contributed by atoms with Gasteiger partial charge in [0.2, 0.25) is 11.1 Å². The third-order valence-electron chi connectivity index (χ3n) is 3.28. The lowest BCUT2D eigenvalue weighted by Gasteiger charge is -2.48. The highest BCUT2D eigenvalue weighted by Crippen LogP contribution is 2.40. The third-order valence-corrected chi connectivity index (χ3v) is 4.96. The normalized spacial score (nSPS) is 29.1. The van der Waals surface area contributed by atoms with Gasteiger partial charge in [-0.05, 0) is 0 Å². The summed E-state index contributed by atoms with van der Waals surface area (Å²) in [5.41, 5.74) is 8.70. The highest BCUT2D eigenvalue weighted by atomic mass is 32.2. The zero-order chi connectivity index (χ0) is 14.6. The first-order chi connectivity index (χ1) is 9.43. The fraction of sp³-hybridized carbons (Fsp3) is 0.444. The molecule has 2 atom stereocenters. The van der Waals surface area contributed by atoms with Crippen molar-refractivity contribution < 1.29 is 14.7 Å². The van der Waals surface area contributed by atoms with Crippen molar-refractivity contribution in [2.75, 3.05) is 12.8 Å². The summed E-state index contributed by atoms with van der Waals surface area (Å²) >= 11 is 5.55. The Morgan fingerprint density at radius 2 is 2.35 bits per heavy atom. The quantitative estimate of drug-likeness (QED) is 0.355. The van der Waals surface area contributed by atoms with Crippen LogP contribution in [0.1, 0.15) is 0 Å². The topological polar surface area (TPSA) is 114 Å². The number of amidine groups is 1. The Balaban J connectivity index is 1.99. The summed E-state index contributed by atoms with van der Waals surface area (Å²) < 4.78 is 0. The Hall–Kier alpha value is -1.59. The van der Waals surface area contributed by atoms with Crippen LogP contribution in [0.2, 0.25) is 0 Å². The Morgan fingerprint density at radius 3 is 2.90 bits per heavy atom. The first-order valence-electron chi connectivity index (χ1n) is 5.66. The predicted molar refractivity (Wildman–Crippen MR) is 74.9 cm³/mol. The number of thioether (sulfide) groups is 1. The standard InChI is InChI=1S/C9H12N6O3S2/c1-13-9(19)11-12-15(13)3-2-20-7-4(10)6(16)14(7)5(3)8(17)18/h4,7,12H,2,10H2,1H3,(H,11,19)(H,17,18)/t4?,7-/m0/s1. The van der Waals surface area contributed by atoms with Gasteiger partial charge in [-0.25, -0.2) is 9.80 Å². The van der Waals surface area contributed by atoms with Gasteiger partial charge in [-0.2, -0.15) is 10.7 Å². The van der Waals surface area contributed by atoms with Crippen LogP contribution in [-0.2, 0) is 9.59 Å². The highest BCUT2D eigenvalue weighted by molar-refractivity contribution is 8.00. The van der Waals surface area contributed by atoms with Crippen LogP contribution in [0.3, 0.4) is 0 Å². The number of nitrogens with zero attached hydrogens (tertiary/aromatic N) is 4. The summed E-state index contributed by atoms with van der Waals surface area (Å²) in [6, 6.07) is -0.642. The van der Waals surface area contributed by atoms with E-state index in [1.807, 2.05) is 0 Å². The molecule has 0 aromatic rings. The molecule has 1 unspecified atom stereocenters. The number of hydrazone groups is 1. The van der Waals surface area contributed by atoms with Crippen LogP contribution in [0.4, 0.5) is 0 Å². The van der Waals surface area contributed by atoms with Crippen LogP contribution in [0, 0.1) is 0 Å². The average Bonchev–Trinajstić information content (AvgIpc) is 2.76. The van der Waals surface area contributed by atoms with Crippen molar-refractivity contribution >= 4 is 41.4 Å². The monoisotopic (exact) mass is 316 g/mol. The van der Waals surface area contributed by atoms with E-state index in [1.54, 1.807) is 12.1 Å². The summed E-state index contributed by atoms with van der Waals surface area (Å²) in [5.74, 6) is -1.16. The number of carboxylic acid groups (broad SMARTS) is 1. The van der Waals surface area contributed by atoms with Gasteiger partial charge in [-0.1, -0.05) is 0 Å². The zero-order valence-electron chi connectivity index (χ0n) is 10.3. The Kier molecular flexibility index (Phi) is 2.99. The second-order valence-corrected chi connectivity index (χ2v) is 5.89. The molecule has 0 radical (unpaired) electrons. The SMILES string of the molecule is CN1C(S)=NNN1C1=C(C(=O)O)N2C(=O)C(N)[C@@H]2SC1. The number of aliphatic carboxylic acids is 1. The van der Waals surface area contributed by atoms with Crippen molar-refractivity contribution in [1.29, 1.82) is 0 Å². The van der Waals surface area contributed by atoms with E-state index in [2.05, 4.69) is 23.3 Å². The number of hydrogen-bond donors (Lipinski definition) is 4. The first-order valence-corrected chi connectivity index (χ1v) is 7.16. The van der Waals surface area contributed by atoms with E-state index in [0.29, 0.717) is 16.6 Å². The summed E-state index contributed by atoms with van der Waals surface area (Å²) in [6.45, 7) is 0. The lowest BCUT2D eigenvalue weighted by Crippen LogP contribution is -2.69. The second-order valence-electron chi connectivity index (χ2n) is 4.38. The fourth-order valence-corrected chi connectivity index (χ4v) is 3.63. The molecule has 1 amide bonds. The van der Waals surface area contributed by atoms with Crippen molar-refractivity contribution in [3.63, 3.8) is 0 Å². The number of nitrogens with one attached hydrogen (secondary N) is 1. The molecular formula is C9H12N6O3S2. The molecule has 1 saturated heterocycles. The highest BCUT2D eigenvalue weighted by Gasteiger charge is 2.53. The van der Waals surface area contributed by atoms with Crippen molar-refractivity contribution in [2.45, 2.75) is 11.4 Å². The van der Waals surface area contributed by atoms with Crippen LogP contribution in [0.25, 0.3) is 0 Å². The van der Waals surface area contributed by atoms with Crippen molar-refractivity contribution in [3.8, 4) is 0 Å². The summed E-state index contributed by atoms with van der Waals surface area (Å²) in [6.07, 6.45) is 0. The second kappa shape index (κ2) is 4.46. The van der Waals surface area contributed by atoms with Gasteiger partial charge < -0.3 is 10.8 Å². The number of carbonyl (C=O) groups is 2. The largest absolute Gasteiger partial charge is 0.477 e. The maximum atomic E-state index is 11.8. The minimum atomic E-state index is -1.17. The van der Waals surface area contributed by atoms with Crippen LogP contribution >= 0.6 is 24.4 Å². The molecule has 11 heteroatoms. The molecule has 20 heavy (non-hydrogen) atoms. The summed E-state index contributed by atoms with van der Waals surface area (Å²) in [5, 5.41) is 16.4. The van der Waals surface area contributed by atoms with Crippen LogP contribution < -0.4 is 11.3 Å². The Labute approximate surface area is 123 Å². The van der Waals surface area contributed by atoms with Gasteiger partial charge in [0.05, 0.1) is 0 Å². The molecule has 0 aromatic carbocycles. The number of amides is 1. The lowest BCUT2D eigenvalue weighted by atomic mass is 10.1. The van der Waals surface area contributed by atoms with Crippen molar-refractivity contribution in [3.05, 3.63) is 11.4 Å². The smallest absolute Gasteiger partial charge is 0.354 e. The number of hydrogen-bond acceptors (Lipinski definition) is 8. The number of carboxylic acids is 1. The van der Waals surface area contributed by atoms with Crippen LogP contribution in [0.5, 0.6) is 0 Å². The molecule has 0 bridgehead atoms. The number of β-lactam (4-membered cyclic amide) rings is 1. The van der Waals surface area contributed by atoms with Gasteiger partial charge in [0.1, 0.15) is 17.1 Å². The molecular weight excluding hydrogens is 304 g/mol. The molecule has 3 aliphatic heterocycles. The summed E-state index contributed by atoms with van der Waals surface area (Å²) in [7, 11) is 1.68. The Morgan fingerprint density at radius 1 is 1.65 bits per heavy atom. The van der Waals surface area contributed by atoms with E-state index < -0.39 is 12.0 Å². The maximum absolute atomic E-state index is 11.8. The van der Waals surface area contributed by atoms with Gasteiger partial charge in [0.25, 0.3) is 0 Å². The fourth-order valence-electron chi connectivity index (χ4n) is 2.22. The van der Waals surface area contributed by atoms with Crippen LogP contribution in [-0.4, -0.2) is 61.4 Å². The number of hydrazine groups is 2. The van der Waals surface area contributed by atoms with Gasteiger partial charge in [0.15, 0.2) is 5.70 Å². The van der Waals surface area contributed by atoms with E-state index in [1.165, 1.54) is 21.8 Å². The first kappa shape index (κ1) is 13.4. The number of nitrogens with two attached hydrogens (primary N) is 1. The molecule has 3 heterocycles. The minimum absolute atomic E-state index is 0.0713. The van der Waals surface area contributed by atoms with E-state index in [4.69, 9.17) is 5.73 Å². The average molecular weight is 316 g/mol. The van der Waals surface area contributed by atoms with Gasteiger partial charge in [-0.3, -0.25) is 9.69 Å². The molecule has 3 aliphatic rings. The van der Waals surface area contributed by atoms with Crippen LogP contribution in [0.15, 0.2) is 16.5 Å². The molecule has 4 N–H and O–H groups in total. The molecule has 0 aromatic heterocycles. The lowest BCUT2D eigenvalue weighted by molar-refractivity contribution is -0.148. The van der Waals surface area contributed by atoms with Crippen molar-refractivity contribution in [2.24, 2.45) is 10.8 Å². The van der Waals surface area contributed by atoms with E-state index in [9.17, 15) is 14.7 Å². The predicted octanol–water partition coefficient (Wildman–Crippen LogP) is -1.61. The molecule has 0 spiro atoms. The Bertz CT molecular complexity index is 564. The van der Waals surface area contributed by atoms with Crippen molar-refractivity contribution in [1.82, 2.24) is 20.6 Å². The van der Waals surface area contributed by atoms with E-state index >= 15 is 0 Å².